The van der Waals surface area contributed by atoms with Gasteiger partial charge in [0.05, 0.1) is 7.11 Å². The van der Waals surface area contributed by atoms with E-state index in [0.717, 1.165) is 0 Å². The molecule has 3 N–H and O–H groups in total. The van der Waals surface area contributed by atoms with Gasteiger partial charge in [-0.15, -0.1) is 0 Å². The average Bonchev–Trinajstić information content (AvgIpc) is 2.47. The van der Waals surface area contributed by atoms with Crippen molar-refractivity contribution in [2.24, 2.45) is 5.84 Å². The number of rotatable bonds is 5. The maximum absolute atomic E-state index is 5.62. The molecule has 0 aliphatic rings. The van der Waals surface area contributed by atoms with Gasteiger partial charge in [0, 0.05) is 14.1 Å². The first-order valence-corrected chi connectivity index (χ1v) is 5.85. The maximum Gasteiger partial charge on any atom is 0.328 e. The topological polar surface area (TPSA) is 98.4 Å². The quantitative estimate of drug-likeness (QED) is 0.617. The number of para-hydroxylation sites is 2. The van der Waals surface area contributed by atoms with E-state index in [0.29, 0.717) is 17.4 Å². The van der Waals surface area contributed by atoms with Crippen LogP contribution in [0, 0.1) is 0 Å². The van der Waals surface area contributed by atoms with Gasteiger partial charge in [0.2, 0.25) is 11.9 Å². The van der Waals surface area contributed by atoms with E-state index in [9.17, 15) is 0 Å². The molecule has 106 valence electrons. The molecule has 1 aromatic carbocycles. The molecule has 1 heterocycles. The van der Waals surface area contributed by atoms with Crippen LogP contribution in [-0.2, 0) is 0 Å². The second-order valence-corrected chi connectivity index (χ2v) is 4.03. The highest BCUT2D eigenvalue weighted by Crippen LogP contribution is 2.29. The van der Waals surface area contributed by atoms with Gasteiger partial charge in [0.25, 0.3) is 0 Å². The summed E-state index contributed by atoms with van der Waals surface area (Å²) in [5.41, 5.74) is 2.38. The molecule has 0 atom stereocenters. The molecule has 8 nitrogen and oxygen atoms in total. The highest BCUT2D eigenvalue weighted by Gasteiger charge is 2.11. The number of hydrazine groups is 1. The van der Waals surface area contributed by atoms with Gasteiger partial charge in [0.1, 0.15) is 0 Å². The first-order valence-electron chi connectivity index (χ1n) is 5.85. The highest BCUT2D eigenvalue weighted by atomic mass is 16.5. The third kappa shape index (κ3) is 3.04. The number of nitrogens with zero attached hydrogens (tertiary/aromatic N) is 4. The summed E-state index contributed by atoms with van der Waals surface area (Å²) >= 11 is 0. The number of nitrogen functional groups attached to an aromatic ring is 1. The molecule has 0 spiro atoms. The largest absolute Gasteiger partial charge is 0.493 e. The Labute approximate surface area is 116 Å². The Balaban J connectivity index is 2.35. The summed E-state index contributed by atoms with van der Waals surface area (Å²) in [5, 5.41) is 0. The van der Waals surface area contributed by atoms with Crippen LogP contribution in [0.1, 0.15) is 0 Å². The zero-order valence-corrected chi connectivity index (χ0v) is 11.5. The third-order valence-corrected chi connectivity index (χ3v) is 2.40. The number of ether oxygens (including phenoxy) is 2. The maximum atomic E-state index is 5.62. The number of hydrogen-bond acceptors (Lipinski definition) is 8. The van der Waals surface area contributed by atoms with E-state index >= 15 is 0 Å². The minimum atomic E-state index is 0.126. The highest BCUT2D eigenvalue weighted by molar-refractivity contribution is 5.42. The van der Waals surface area contributed by atoms with Crippen molar-refractivity contribution in [3.05, 3.63) is 24.3 Å². The van der Waals surface area contributed by atoms with Gasteiger partial charge < -0.3 is 14.4 Å². The number of nitrogens with two attached hydrogens (primary N) is 1. The molecule has 0 aliphatic carbocycles. The van der Waals surface area contributed by atoms with Crippen LogP contribution < -0.4 is 25.6 Å². The van der Waals surface area contributed by atoms with Crippen molar-refractivity contribution in [1.29, 1.82) is 0 Å². The lowest BCUT2D eigenvalue weighted by Gasteiger charge is -2.13. The summed E-state index contributed by atoms with van der Waals surface area (Å²) in [6, 6.07) is 7.34. The minimum Gasteiger partial charge on any atom is -0.493 e. The summed E-state index contributed by atoms with van der Waals surface area (Å²) in [6.45, 7) is 0. The Bertz CT molecular complexity index is 590. The zero-order chi connectivity index (χ0) is 14.5. The van der Waals surface area contributed by atoms with Gasteiger partial charge in [-0.3, -0.25) is 5.43 Å². The second-order valence-electron chi connectivity index (χ2n) is 4.03. The molecular weight excluding hydrogens is 260 g/mol. The van der Waals surface area contributed by atoms with E-state index in [-0.39, 0.29) is 12.0 Å². The Morgan fingerprint density at radius 1 is 1.10 bits per heavy atom. The molecule has 1 aromatic heterocycles. The van der Waals surface area contributed by atoms with E-state index in [1.807, 2.05) is 26.2 Å². The minimum absolute atomic E-state index is 0.126. The van der Waals surface area contributed by atoms with E-state index in [1.165, 1.54) is 0 Å². The Morgan fingerprint density at radius 3 is 2.40 bits per heavy atom. The third-order valence-electron chi connectivity index (χ3n) is 2.40. The molecule has 0 unspecified atom stereocenters. The van der Waals surface area contributed by atoms with E-state index < -0.39 is 0 Å². The van der Waals surface area contributed by atoms with Crippen LogP contribution in [0.2, 0.25) is 0 Å². The summed E-state index contributed by atoms with van der Waals surface area (Å²) in [6.07, 6.45) is 0. The predicted octanol–water partition coefficient (Wildman–Crippen LogP) is 1.02. The average molecular weight is 276 g/mol. The molecule has 2 rings (SSSR count). The van der Waals surface area contributed by atoms with Crippen LogP contribution in [0.4, 0.5) is 11.9 Å². The van der Waals surface area contributed by atoms with Crippen molar-refractivity contribution in [3.8, 4) is 17.5 Å². The van der Waals surface area contributed by atoms with Crippen molar-refractivity contribution in [3.63, 3.8) is 0 Å². The standard InChI is InChI=1S/C12H16N6O2/c1-18(2)11-14-10(17-13)15-12(16-11)20-9-7-5-4-6-8(9)19-3/h4-7H,13H2,1-3H3,(H,14,15,16,17). The van der Waals surface area contributed by atoms with E-state index in [2.05, 4.69) is 20.4 Å². The van der Waals surface area contributed by atoms with Crippen molar-refractivity contribution in [2.75, 3.05) is 31.5 Å². The van der Waals surface area contributed by atoms with Gasteiger partial charge in [-0.2, -0.15) is 15.0 Å². The number of benzene rings is 1. The van der Waals surface area contributed by atoms with Gasteiger partial charge >= 0.3 is 6.01 Å². The van der Waals surface area contributed by atoms with E-state index in [4.69, 9.17) is 15.3 Å². The molecule has 0 aliphatic heterocycles. The fourth-order valence-electron chi connectivity index (χ4n) is 1.46. The lowest BCUT2D eigenvalue weighted by molar-refractivity contribution is 0.368. The lowest BCUT2D eigenvalue weighted by atomic mass is 10.3. The van der Waals surface area contributed by atoms with Crippen LogP contribution >= 0.6 is 0 Å². The van der Waals surface area contributed by atoms with Gasteiger partial charge in [-0.25, -0.2) is 5.84 Å². The van der Waals surface area contributed by atoms with Crippen molar-refractivity contribution in [2.45, 2.75) is 0 Å². The fraction of sp³-hybridized carbons (Fsp3) is 0.250. The van der Waals surface area contributed by atoms with Crippen LogP contribution in [-0.4, -0.2) is 36.2 Å². The normalized spacial score (nSPS) is 10.0. The smallest absolute Gasteiger partial charge is 0.328 e. The molecular formula is C12H16N6O2. The summed E-state index contributed by atoms with van der Waals surface area (Å²) < 4.78 is 10.8. The van der Waals surface area contributed by atoms with E-state index in [1.54, 1.807) is 24.1 Å². The first-order chi connectivity index (χ1) is 9.63. The van der Waals surface area contributed by atoms with Gasteiger partial charge in [-0.05, 0) is 12.1 Å². The monoisotopic (exact) mass is 276 g/mol. The molecule has 2 aromatic rings. The SMILES string of the molecule is COc1ccccc1Oc1nc(NN)nc(N(C)C)n1. The second kappa shape index (κ2) is 6.02. The van der Waals surface area contributed by atoms with Gasteiger partial charge in [-0.1, -0.05) is 12.1 Å². The van der Waals surface area contributed by atoms with Crippen LogP contribution in [0.3, 0.4) is 0 Å². The number of aromatic nitrogens is 3. The fourth-order valence-corrected chi connectivity index (χ4v) is 1.46. The zero-order valence-electron chi connectivity index (χ0n) is 11.5. The Morgan fingerprint density at radius 2 is 1.80 bits per heavy atom. The van der Waals surface area contributed by atoms with Crippen molar-refractivity contribution in [1.82, 2.24) is 15.0 Å². The summed E-state index contributed by atoms with van der Waals surface area (Å²) in [5.74, 6) is 7.07. The lowest BCUT2D eigenvalue weighted by Crippen LogP contribution is -2.17. The molecule has 8 heteroatoms. The van der Waals surface area contributed by atoms with Crippen molar-refractivity contribution >= 4 is 11.9 Å². The number of hydrogen-bond donors (Lipinski definition) is 2. The molecule has 0 amide bonds. The molecule has 0 bridgehead atoms. The Kier molecular flexibility index (Phi) is 4.16. The molecule has 0 radical (unpaired) electrons. The van der Waals surface area contributed by atoms with Gasteiger partial charge in [0.15, 0.2) is 11.5 Å². The Hall–Kier alpha value is -2.61. The molecule has 0 fully saturated rings. The van der Waals surface area contributed by atoms with Crippen LogP contribution in [0.15, 0.2) is 24.3 Å². The van der Waals surface area contributed by atoms with Crippen LogP contribution in [0.5, 0.6) is 17.5 Å². The number of nitrogens with one attached hydrogen (secondary N) is 1. The molecule has 0 saturated carbocycles. The van der Waals surface area contributed by atoms with Crippen LogP contribution in [0.25, 0.3) is 0 Å². The number of anilines is 2. The molecule has 20 heavy (non-hydrogen) atoms. The number of methoxy groups -OCH3 is 1. The molecule has 0 saturated heterocycles. The van der Waals surface area contributed by atoms with Crippen molar-refractivity contribution < 1.29 is 9.47 Å². The predicted molar refractivity (Wildman–Crippen MR) is 75.0 cm³/mol. The summed E-state index contributed by atoms with van der Waals surface area (Å²) in [4.78, 5) is 14.0. The first kappa shape index (κ1) is 13.8. The summed E-state index contributed by atoms with van der Waals surface area (Å²) in [7, 11) is 5.18.